The van der Waals surface area contributed by atoms with Crippen LogP contribution < -0.4 is 5.32 Å². The van der Waals surface area contributed by atoms with Crippen LogP contribution in [0.25, 0.3) is 0 Å². The van der Waals surface area contributed by atoms with E-state index in [1.54, 1.807) is 0 Å². The summed E-state index contributed by atoms with van der Waals surface area (Å²) in [5.74, 6) is 0.859. The van der Waals surface area contributed by atoms with Crippen molar-refractivity contribution in [2.75, 3.05) is 19.6 Å². The number of nitrogens with zero attached hydrogens (tertiary/aromatic N) is 3. The van der Waals surface area contributed by atoms with Crippen LogP contribution in [0.1, 0.15) is 37.1 Å². The molecular formula is C14H24N4. The van der Waals surface area contributed by atoms with E-state index < -0.39 is 0 Å². The van der Waals surface area contributed by atoms with Crippen molar-refractivity contribution in [2.45, 2.75) is 38.8 Å². The molecule has 2 fully saturated rings. The molecule has 4 heteroatoms. The first-order valence-corrected chi connectivity index (χ1v) is 7.12. The molecule has 2 saturated heterocycles. The highest BCUT2D eigenvalue weighted by Crippen LogP contribution is 2.32. The summed E-state index contributed by atoms with van der Waals surface area (Å²) in [5.41, 5.74) is 2.56. The van der Waals surface area contributed by atoms with Crippen LogP contribution in [0, 0.1) is 12.8 Å². The van der Waals surface area contributed by atoms with Gasteiger partial charge in [0.2, 0.25) is 0 Å². The van der Waals surface area contributed by atoms with Crippen molar-refractivity contribution in [3.8, 4) is 0 Å². The quantitative estimate of drug-likeness (QED) is 0.860. The second-order valence-electron chi connectivity index (χ2n) is 5.94. The Morgan fingerprint density at radius 3 is 2.94 bits per heavy atom. The molecule has 3 atom stereocenters. The zero-order chi connectivity index (χ0) is 12.7. The molecule has 0 spiro atoms. The Kier molecular flexibility index (Phi) is 3.16. The molecule has 0 saturated carbocycles. The molecule has 0 bridgehead atoms. The predicted octanol–water partition coefficient (Wildman–Crippen LogP) is 1.47. The molecule has 0 aliphatic carbocycles. The van der Waals surface area contributed by atoms with Crippen LogP contribution in [0.5, 0.6) is 0 Å². The highest BCUT2D eigenvalue weighted by Gasteiger charge is 2.36. The van der Waals surface area contributed by atoms with Crippen molar-refractivity contribution in [1.29, 1.82) is 0 Å². The predicted molar refractivity (Wildman–Crippen MR) is 72.4 cm³/mol. The number of aromatic nitrogens is 2. The fraction of sp³-hybridized carbons (Fsp3) is 0.786. The maximum absolute atomic E-state index is 4.47. The molecule has 1 aromatic rings. The average Bonchev–Trinajstić information content (AvgIpc) is 2.91. The summed E-state index contributed by atoms with van der Waals surface area (Å²) >= 11 is 0. The van der Waals surface area contributed by atoms with Gasteiger partial charge in [-0.25, -0.2) is 0 Å². The molecule has 3 rings (SSSR count). The molecule has 1 N–H and O–H groups in total. The first-order valence-electron chi connectivity index (χ1n) is 7.12. The molecule has 0 aromatic carbocycles. The summed E-state index contributed by atoms with van der Waals surface area (Å²) in [4.78, 5) is 2.62. The molecule has 0 amide bonds. The van der Waals surface area contributed by atoms with E-state index in [0.717, 1.165) is 12.0 Å². The van der Waals surface area contributed by atoms with Crippen molar-refractivity contribution in [1.82, 2.24) is 20.0 Å². The number of hydrogen-bond acceptors (Lipinski definition) is 3. The molecule has 0 radical (unpaired) electrons. The van der Waals surface area contributed by atoms with Crippen molar-refractivity contribution < 1.29 is 0 Å². The van der Waals surface area contributed by atoms with E-state index in [-0.39, 0.29) is 0 Å². The van der Waals surface area contributed by atoms with E-state index in [1.807, 2.05) is 11.7 Å². The van der Waals surface area contributed by atoms with Gasteiger partial charge in [-0.15, -0.1) is 0 Å². The van der Waals surface area contributed by atoms with Crippen LogP contribution in [0.2, 0.25) is 0 Å². The summed E-state index contributed by atoms with van der Waals surface area (Å²) in [6.45, 7) is 8.08. The normalized spacial score (nSPS) is 30.4. The number of fused-ring (bicyclic) bond motifs is 1. The molecule has 2 aliphatic rings. The average molecular weight is 248 g/mol. The number of rotatable bonds is 2. The minimum absolute atomic E-state index is 0.492. The molecule has 3 unspecified atom stereocenters. The lowest BCUT2D eigenvalue weighted by molar-refractivity contribution is 0.250. The van der Waals surface area contributed by atoms with Gasteiger partial charge in [-0.2, -0.15) is 5.10 Å². The van der Waals surface area contributed by atoms with Gasteiger partial charge in [0.25, 0.3) is 0 Å². The summed E-state index contributed by atoms with van der Waals surface area (Å²) < 4.78 is 1.93. The third-order valence-electron chi connectivity index (χ3n) is 4.68. The van der Waals surface area contributed by atoms with Crippen LogP contribution in [0.15, 0.2) is 6.20 Å². The van der Waals surface area contributed by atoms with Gasteiger partial charge in [0, 0.05) is 44.0 Å². The number of aryl methyl sites for hydroxylation is 2. The highest BCUT2D eigenvalue weighted by atomic mass is 15.3. The Morgan fingerprint density at radius 1 is 1.44 bits per heavy atom. The number of piperidine rings is 1. The molecule has 2 aliphatic heterocycles. The summed E-state index contributed by atoms with van der Waals surface area (Å²) in [5, 5.41) is 8.14. The van der Waals surface area contributed by atoms with E-state index in [1.165, 1.54) is 43.7 Å². The zero-order valence-electron chi connectivity index (χ0n) is 11.7. The van der Waals surface area contributed by atoms with Gasteiger partial charge in [0.05, 0.1) is 5.69 Å². The van der Waals surface area contributed by atoms with Crippen LogP contribution in [0.4, 0.5) is 0 Å². The molecule has 4 nitrogen and oxygen atoms in total. The van der Waals surface area contributed by atoms with Gasteiger partial charge in [-0.3, -0.25) is 9.58 Å². The molecular weight excluding hydrogens is 224 g/mol. The van der Waals surface area contributed by atoms with E-state index in [0.29, 0.717) is 6.04 Å². The highest BCUT2D eigenvalue weighted by molar-refractivity contribution is 5.20. The fourth-order valence-corrected chi connectivity index (χ4v) is 3.62. The Balaban J connectivity index is 1.73. The Hall–Kier alpha value is -0.870. The lowest BCUT2D eigenvalue weighted by Crippen LogP contribution is -2.40. The summed E-state index contributed by atoms with van der Waals surface area (Å²) in [6.07, 6.45) is 4.91. The second kappa shape index (κ2) is 4.67. The van der Waals surface area contributed by atoms with E-state index in [9.17, 15) is 0 Å². The third kappa shape index (κ3) is 2.08. The molecule has 100 valence electrons. The van der Waals surface area contributed by atoms with Crippen LogP contribution in [-0.4, -0.2) is 40.4 Å². The van der Waals surface area contributed by atoms with E-state index in [2.05, 4.69) is 35.4 Å². The van der Waals surface area contributed by atoms with Crippen LogP contribution in [0.3, 0.4) is 0 Å². The number of likely N-dealkylation sites (tertiary alicyclic amines) is 1. The topological polar surface area (TPSA) is 33.1 Å². The first-order chi connectivity index (χ1) is 8.65. The van der Waals surface area contributed by atoms with Crippen LogP contribution >= 0.6 is 0 Å². The molecule has 18 heavy (non-hydrogen) atoms. The van der Waals surface area contributed by atoms with Gasteiger partial charge in [0.15, 0.2) is 0 Å². The fourth-order valence-electron chi connectivity index (χ4n) is 3.62. The van der Waals surface area contributed by atoms with Crippen molar-refractivity contribution in [3.63, 3.8) is 0 Å². The zero-order valence-corrected chi connectivity index (χ0v) is 11.7. The van der Waals surface area contributed by atoms with E-state index in [4.69, 9.17) is 0 Å². The smallest absolute Gasteiger partial charge is 0.0641 e. The standard InChI is InChI=1S/C14H24N4/c1-10-13(8-17(3)16-10)11(2)18-7-12-5-4-6-15-14(12)9-18/h8,11-12,14-15H,4-7,9H2,1-3H3. The Labute approximate surface area is 109 Å². The molecule has 3 heterocycles. The first kappa shape index (κ1) is 12.2. The van der Waals surface area contributed by atoms with Crippen molar-refractivity contribution >= 4 is 0 Å². The van der Waals surface area contributed by atoms with Crippen molar-refractivity contribution in [2.24, 2.45) is 13.0 Å². The minimum Gasteiger partial charge on any atom is -0.312 e. The van der Waals surface area contributed by atoms with Gasteiger partial charge in [0.1, 0.15) is 0 Å². The Bertz CT molecular complexity index is 411. The number of nitrogens with one attached hydrogen (secondary N) is 1. The molecule has 1 aromatic heterocycles. The number of hydrogen-bond donors (Lipinski definition) is 1. The summed E-state index contributed by atoms with van der Waals surface area (Å²) in [7, 11) is 2.01. The maximum Gasteiger partial charge on any atom is 0.0641 e. The van der Waals surface area contributed by atoms with Gasteiger partial charge < -0.3 is 5.32 Å². The van der Waals surface area contributed by atoms with Crippen LogP contribution in [-0.2, 0) is 7.05 Å². The second-order valence-corrected chi connectivity index (χ2v) is 5.94. The SMILES string of the molecule is Cc1nn(C)cc1C(C)N1CC2CCCNC2C1. The largest absolute Gasteiger partial charge is 0.312 e. The minimum atomic E-state index is 0.492. The van der Waals surface area contributed by atoms with Gasteiger partial charge in [-0.1, -0.05) is 0 Å². The van der Waals surface area contributed by atoms with E-state index >= 15 is 0 Å². The summed E-state index contributed by atoms with van der Waals surface area (Å²) in [6, 6.07) is 1.21. The third-order valence-corrected chi connectivity index (χ3v) is 4.68. The maximum atomic E-state index is 4.47. The van der Waals surface area contributed by atoms with Gasteiger partial charge >= 0.3 is 0 Å². The lowest BCUT2D eigenvalue weighted by atomic mass is 9.94. The Morgan fingerprint density at radius 2 is 2.28 bits per heavy atom. The van der Waals surface area contributed by atoms with Gasteiger partial charge in [-0.05, 0) is 39.2 Å². The lowest BCUT2D eigenvalue weighted by Gasteiger charge is -2.25. The monoisotopic (exact) mass is 248 g/mol. The van der Waals surface area contributed by atoms with Crippen molar-refractivity contribution in [3.05, 3.63) is 17.5 Å².